The molecule has 2 aliphatic heterocycles. The summed E-state index contributed by atoms with van der Waals surface area (Å²) in [6, 6.07) is 5.90. The second-order valence-corrected chi connectivity index (χ2v) is 19.5. The molecular weight excluding hydrogens is 860 g/mol. The first kappa shape index (κ1) is 52.3. The summed E-state index contributed by atoms with van der Waals surface area (Å²) in [4.78, 5) is 57.9. The van der Waals surface area contributed by atoms with Gasteiger partial charge in [0.15, 0.2) is 16.7 Å². The van der Waals surface area contributed by atoms with Gasteiger partial charge < -0.3 is 38.5 Å². The van der Waals surface area contributed by atoms with Crippen LogP contribution in [0.2, 0.25) is 0 Å². The number of alkyl carbamates (subject to hydrolysis) is 1. The molecule has 3 amide bonds. The van der Waals surface area contributed by atoms with E-state index >= 15 is 0 Å². The highest BCUT2D eigenvalue weighted by Crippen LogP contribution is 2.37. The second-order valence-electron chi connectivity index (χ2n) is 18.1. The quantitative estimate of drug-likeness (QED) is 0.0350. The lowest BCUT2D eigenvalue weighted by Crippen LogP contribution is -2.58. The summed E-state index contributed by atoms with van der Waals surface area (Å²) in [5, 5.41) is 2.83. The van der Waals surface area contributed by atoms with Gasteiger partial charge in [0.25, 0.3) is 0 Å². The monoisotopic (exact) mass is 919 g/mol. The molecule has 1 aromatic carbocycles. The van der Waals surface area contributed by atoms with Crippen molar-refractivity contribution in [2.24, 2.45) is 5.92 Å². The molecule has 63 heavy (non-hydrogen) atoms. The van der Waals surface area contributed by atoms with Crippen LogP contribution in [0.25, 0.3) is 11.1 Å². The van der Waals surface area contributed by atoms with Gasteiger partial charge in [-0.15, -0.1) is 4.68 Å². The third-order valence-corrected chi connectivity index (χ3v) is 9.48. The summed E-state index contributed by atoms with van der Waals surface area (Å²) in [7, 11) is -6.09. The molecule has 0 radical (unpaired) electrons. The summed E-state index contributed by atoms with van der Waals surface area (Å²) >= 11 is 0. The van der Waals surface area contributed by atoms with E-state index < -0.39 is 62.3 Å². The number of carbonyl (C=O) groups is 4. The molecule has 0 spiro atoms. The van der Waals surface area contributed by atoms with Crippen LogP contribution in [-0.4, -0.2) is 107 Å². The number of aryl methyl sites for hydroxylation is 2. The van der Waals surface area contributed by atoms with Gasteiger partial charge in [-0.3, -0.25) is 0 Å². The molecule has 1 fully saturated rings. The van der Waals surface area contributed by atoms with Gasteiger partial charge in [0.2, 0.25) is 11.8 Å². The predicted octanol–water partition coefficient (Wildman–Crippen LogP) is 5.91. The number of amides is 3. The molecule has 1 aromatic heterocycles. The number of rotatable bonds is 13. The van der Waals surface area contributed by atoms with Crippen molar-refractivity contribution in [3.8, 4) is 16.9 Å². The Labute approximate surface area is 366 Å². The molecule has 2 aliphatic rings. The van der Waals surface area contributed by atoms with Crippen molar-refractivity contribution in [1.82, 2.24) is 20.4 Å². The van der Waals surface area contributed by atoms with Crippen LogP contribution in [0.5, 0.6) is 5.75 Å². The first-order valence-corrected chi connectivity index (χ1v) is 21.5. The maximum Gasteiger partial charge on any atom is 0.485 e. The smallest absolute Gasteiger partial charge is 0.485 e. The number of benzene rings is 1. The molecule has 0 aliphatic carbocycles. The maximum absolute atomic E-state index is 13.5. The summed E-state index contributed by atoms with van der Waals surface area (Å²) in [6.07, 6.45) is 4.79. The number of hydrogen-bond acceptors (Lipinski definition) is 13. The Morgan fingerprint density at radius 3 is 2.10 bits per heavy atom. The molecule has 2 atom stereocenters. The fraction of sp³-hybridized carbons (Fsp3) is 0.634. The number of fused-ring (bicyclic) bond motifs is 1. The summed E-state index contributed by atoms with van der Waals surface area (Å²) in [6.45, 7) is 24.3. The van der Waals surface area contributed by atoms with Crippen molar-refractivity contribution in [1.29, 1.82) is 0 Å². The number of nitrogens with one attached hydrogen (secondary N) is 2. The number of alkyl halides is 3. The minimum absolute atomic E-state index is 0.0318. The van der Waals surface area contributed by atoms with Crippen molar-refractivity contribution >= 4 is 34.4 Å². The summed E-state index contributed by atoms with van der Waals surface area (Å²) in [5.74, 6) is 0.138. The Bertz CT molecular complexity index is 2050. The highest BCUT2D eigenvalue weighted by molar-refractivity contribution is 7.86. The van der Waals surface area contributed by atoms with E-state index in [4.69, 9.17) is 41.5 Å². The molecular formula is C41H60F3N5O13S. The van der Waals surface area contributed by atoms with E-state index in [1.807, 2.05) is 53.7 Å². The van der Waals surface area contributed by atoms with E-state index in [0.29, 0.717) is 57.7 Å². The Balaban J connectivity index is 0.00000120. The maximum atomic E-state index is 13.5. The molecule has 354 valence electrons. The molecule has 2 N–H and O–H groups in total. The Morgan fingerprint density at radius 1 is 0.937 bits per heavy atom. The summed E-state index contributed by atoms with van der Waals surface area (Å²) < 4.78 is 91.1. The van der Waals surface area contributed by atoms with Crippen molar-refractivity contribution in [3.63, 3.8) is 0 Å². The number of nitrogens with zero attached hydrogens (tertiary/aromatic N) is 3. The summed E-state index contributed by atoms with van der Waals surface area (Å²) in [5.41, 5.74) is -4.18. The lowest BCUT2D eigenvalue weighted by Gasteiger charge is -2.38. The third kappa shape index (κ3) is 16.5. The topological polar surface area (TPSA) is 217 Å². The molecule has 22 heteroatoms. The Morgan fingerprint density at radius 2 is 1.54 bits per heavy atom. The van der Waals surface area contributed by atoms with Crippen LogP contribution in [0, 0.1) is 5.92 Å². The number of hydrogen-bond donors (Lipinski definition) is 2. The normalized spacial score (nSPS) is 16.7. The molecule has 0 bridgehead atoms. The minimum Gasteiger partial charge on any atom is -0.741 e. The van der Waals surface area contributed by atoms with Crippen LogP contribution >= 0.6 is 0 Å². The number of hydroxylamine groups is 1. The predicted molar refractivity (Wildman–Crippen MR) is 219 cm³/mol. The molecule has 2 aromatic rings. The Kier molecular flexibility index (Phi) is 17.1. The highest BCUT2D eigenvalue weighted by atomic mass is 32.2. The lowest BCUT2D eigenvalue weighted by molar-refractivity contribution is -0.781. The second kappa shape index (κ2) is 20.6. The first-order valence-electron chi connectivity index (χ1n) is 20.1. The van der Waals surface area contributed by atoms with Crippen LogP contribution in [0.3, 0.4) is 0 Å². The molecule has 3 heterocycles. The van der Waals surface area contributed by atoms with Gasteiger partial charge >= 0.3 is 29.8 Å². The zero-order valence-electron chi connectivity index (χ0n) is 37.4. The van der Waals surface area contributed by atoms with Gasteiger partial charge in [-0.1, -0.05) is 18.7 Å². The van der Waals surface area contributed by atoms with E-state index in [1.165, 1.54) is 13.0 Å². The van der Waals surface area contributed by atoms with E-state index in [2.05, 4.69) is 45.2 Å². The fourth-order valence-corrected chi connectivity index (χ4v) is 6.06. The molecule has 0 saturated carbocycles. The lowest BCUT2D eigenvalue weighted by atomic mass is 9.89. The molecule has 4 rings (SSSR count). The van der Waals surface area contributed by atoms with Gasteiger partial charge in [-0.25, -0.2) is 32.4 Å². The third-order valence-electron chi connectivity index (χ3n) is 8.91. The van der Waals surface area contributed by atoms with Crippen LogP contribution < -0.4 is 20.2 Å². The largest absolute Gasteiger partial charge is 0.741 e. The van der Waals surface area contributed by atoms with Gasteiger partial charge in [-0.05, 0) is 112 Å². The number of carbonyl (C=O) groups excluding carboxylic acids is 4. The van der Waals surface area contributed by atoms with E-state index in [-0.39, 0.29) is 18.6 Å². The van der Waals surface area contributed by atoms with Gasteiger partial charge in [-0.2, -0.15) is 23.3 Å². The zero-order chi connectivity index (χ0) is 47.8. The zero-order valence-corrected chi connectivity index (χ0v) is 38.2. The van der Waals surface area contributed by atoms with Crippen molar-refractivity contribution in [2.45, 2.75) is 136 Å². The number of ether oxygens (including phenoxy) is 5. The van der Waals surface area contributed by atoms with Crippen LogP contribution in [-0.2, 0) is 58.2 Å². The number of esters is 1. The number of likely N-dealkylation sites (tertiary alicyclic amines) is 1. The van der Waals surface area contributed by atoms with E-state index in [0.717, 1.165) is 16.7 Å². The van der Waals surface area contributed by atoms with Crippen molar-refractivity contribution in [3.05, 3.63) is 48.8 Å². The number of aromatic nitrogens is 2. The molecule has 18 nitrogen and oxygen atoms in total. The standard InChI is InChI=1S/C40H59N5O10.CHF3O3S/c1-12-20-50-35(48)42-55-40(11,33(46)52-37(2,3)4)32-17-15-29-21-28(14-16-31(29)51-32)30-25-44(19-13-18-41-34(47)53-38(5,6)7)45(26-30)24-27-22-43(23-27)36(49)54-39(8,9)10;2-1(3,4)8(5,6)7/h12,14,16,21,25-27,32H,1,13,15,17-20,22-24H2,2-11H3,(H-,41,42,47,48);(H,5,6,7)/t32-,40+;/m1./s1. The Hall–Kier alpha value is -5.09. The SMILES string of the molecule is C=CCOC(=O)NO[C@](C)(C(=O)OC(C)(C)C)[C@H]1CCc2cc(-c3cn(CCCNC(=O)OC(C)(C)C)[n+](CC4CN(C(=O)OC(C)(C)C)C4)c3)ccc2O1.O=S(=O)([O-])C(F)(F)F. The number of halogens is 3. The van der Waals surface area contributed by atoms with Crippen LogP contribution in [0.15, 0.2) is 43.2 Å². The van der Waals surface area contributed by atoms with Crippen molar-refractivity contribution in [2.75, 3.05) is 26.2 Å². The van der Waals surface area contributed by atoms with Crippen LogP contribution in [0.4, 0.5) is 27.6 Å². The van der Waals surface area contributed by atoms with E-state index in [1.54, 1.807) is 25.7 Å². The van der Waals surface area contributed by atoms with Crippen molar-refractivity contribution < 1.29 is 78.5 Å². The molecule has 0 unspecified atom stereocenters. The van der Waals surface area contributed by atoms with Gasteiger partial charge in [0.1, 0.15) is 35.3 Å². The fourth-order valence-electron chi connectivity index (χ4n) is 6.06. The average molecular weight is 920 g/mol. The molecule has 1 saturated heterocycles. The van der Waals surface area contributed by atoms with Crippen LogP contribution in [0.1, 0.15) is 87.6 Å². The van der Waals surface area contributed by atoms with Gasteiger partial charge in [0.05, 0.1) is 24.2 Å². The first-order chi connectivity index (χ1) is 28.8. The van der Waals surface area contributed by atoms with E-state index in [9.17, 15) is 32.3 Å². The van der Waals surface area contributed by atoms with Gasteiger partial charge in [0, 0.05) is 19.6 Å². The highest BCUT2D eigenvalue weighted by Gasteiger charge is 2.50. The minimum atomic E-state index is -6.09. The average Bonchev–Trinajstić information content (AvgIpc) is 3.51.